The SMILES string of the molecule is CC(C)CC(=O)NC[C@@H](c1ccco1)S(=O)(=O)c1ccc(Cl)cc1. The van der Waals surface area contributed by atoms with Gasteiger partial charge in [-0.3, -0.25) is 4.79 Å². The Balaban J connectivity index is 2.26. The Kier molecular flexibility index (Phi) is 6.07. The minimum absolute atomic E-state index is 0.0516. The summed E-state index contributed by atoms with van der Waals surface area (Å²) in [5.74, 6) is 0.294. The minimum atomic E-state index is -3.73. The Hall–Kier alpha value is -1.79. The molecule has 0 spiro atoms. The van der Waals surface area contributed by atoms with E-state index in [9.17, 15) is 13.2 Å². The van der Waals surface area contributed by atoms with Crippen molar-refractivity contribution in [1.29, 1.82) is 0 Å². The second-order valence-electron chi connectivity index (χ2n) is 5.91. The zero-order valence-electron chi connectivity index (χ0n) is 13.5. The average molecular weight is 370 g/mol. The van der Waals surface area contributed by atoms with Crippen LogP contribution in [-0.2, 0) is 14.6 Å². The van der Waals surface area contributed by atoms with Crippen molar-refractivity contribution in [3.8, 4) is 0 Å². The molecule has 1 heterocycles. The number of rotatable bonds is 7. The first-order valence-corrected chi connectivity index (χ1v) is 9.52. The first-order valence-electron chi connectivity index (χ1n) is 7.60. The fourth-order valence-electron chi connectivity index (χ4n) is 2.28. The van der Waals surface area contributed by atoms with Crippen molar-refractivity contribution < 1.29 is 17.6 Å². The van der Waals surface area contributed by atoms with Crippen LogP contribution in [0, 0.1) is 5.92 Å². The number of benzene rings is 1. The van der Waals surface area contributed by atoms with Gasteiger partial charge in [-0.2, -0.15) is 0 Å². The first-order chi connectivity index (χ1) is 11.3. The van der Waals surface area contributed by atoms with E-state index in [-0.39, 0.29) is 29.0 Å². The summed E-state index contributed by atoms with van der Waals surface area (Å²) >= 11 is 5.82. The molecule has 7 heteroatoms. The third-order valence-corrected chi connectivity index (χ3v) is 5.78. The standard InChI is InChI=1S/C17H20ClNO4S/c1-12(2)10-17(20)19-11-16(15-4-3-9-23-15)24(21,22)14-7-5-13(18)6-8-14/h3-9,12,16H,10-11H2,1-2H3,(H,19,20)/t16-/m0/s1. The third-order valence-electron chi connectivity index (χ3n) is 3.46. The highest BCUT2D eigenvalue weighted by molar-refractivity contribution is 7.91. The van der Waals surface area contributed by atoms with Crippen molar-refractivity contribution in [3.05, 3.63) is 53.4 Å². The van der Waals surface area contributed by atoms with E-state index in [1.54, 1.807) is 12.1 Å². The van der Waals surface area contributed by atoms with Crippen molar-refractivity contribution in [1.82, 2.24) is 5.32 Å². The van der Waals surface area contributed by atoms with Crippen LogP contribution in [0.1, 0.15) is 31.3 Å². The van der Waals surface area contributed by atoms with Gasteiger partial charge >= 0.3 is 0 Å². The molecule has 1 aromatic carbocycles. The number of hydrogen-bond acceptors (Lipinski definition) is 4. The third kappa shape index (κ3) is 4.61. The van der Waals surface area contributed by atoms with Gasteiger partial charge in [0.15, 0.2) is 9.84 Å². The van der Waals surface area contributed by atoms with Crippen LogP contribution in [0.15, 0.2) is 52.0 Å². The molecule has 0 unspecified atom stereocenters. The Bertz CT molecular complexity index is 767. The van der Waals surface area contributed by atoms with Gasteiger partial charge in [-0.25, -0.2) is 8.42 Å². The Morgan fingerprint density at radius 1 is 1.21 bits per heavy atom. The van der Waals surface area contributed by atoms with Crippen LogP contribution in [0.2, 0.25) is 5.02 Å². The number of hydrogen-bond donors (Lipinski definition) is 1. The average Bonchev–Trinajstić information content (AvgIpc) is 3.01. The molecule has 0 aliphatic rings. The highest BCUT2D eigenvalue weighted by Crippen LogP contribution is 2.29. The topological polar surface area (TPSA) is 76.4 Å². The molecule has 1 N–H and O–H groups in total. The van der Waals surface area contributed by atoms with E-state index in [0.29, 0.717) is 11.4 Å². The van der Waals surface area contributed by atoms with Crippen LogP contribution in [0.4, 0.5) is 0 Å². The van der Waals surface area contributed by atoms with Crippen molar-refractivity contribution in [2.24, 2.45) is 5.92 Å². The summed E-state index contributed by atoms with van der Waals surface area (Å²) in [6, 6.07) is 9.14. The maximum atomic E-state index is 12.9. The van der Waals surface area contributed by atoms with Gasteiger partial charge < -0.3 is 9.73 Å². The van der Waals surface area contributed by atoms with Crippen LogP contribution < -0.4 is 5.32 Å². The largest absolute Gasteiger partial charge is 0.468 e. The van der Waals surface area contributed by atoms with Crippen LogP contribution in [-0.4, -0.2) is 20.9 Å². The predicted molar refractivity (Wildman–Crippen MR) is 92.6 cm³/mol. The molecule has 24 heavy (non-hydrogen) atoms. The van der Waals surface area contributed by atoms with E-state index in [1.165, 1.54) is 30.5 Å². The zero-order chi connectivity index (χ0) is 17.7. The smallest absolute Gasteiger partial charge is 0.220 e. The highest BCUT2D eigenvalue weighted by Gasteiger charge is 2.31. The molecule has 1 aromatic heterocycles. The minimum Gasteiger partial charge on any atom is -0.468 e. The molecule has 0 aliphatic heterocycles. The summed E-state index contributed by atoms with van der Waals surface area (Å²) in [6.45, 7) is 3.80. The number of carbonyl (C=O) groups excluding carboxylic acids is 1. The molecule has 0 aliphatic carbocycles. The maximum absolute atomic E-state index is 12.9. The normalized spacial score (nSPS) is 13.0. The zero-order valence-corrected chi connectivity index (χ0v) is 15.1. The van der Waals surface area contributed by atoms with Crippen molar-refractivity contribution in [2.75, 3.05) is 6.54 Å². The van der Waals surface area contributed by atoms with Crippen LogP contribution >= 0.6 is 11.6 Å². The summed E-state index contributed by atoms with van der Waals surface area (Å²) in [5.41, 5.74) is 0. The van der Waals surface area contributed by atoms with Crippen molar-refractivity contribution in [2.45, 2.75) is 30.4 Å². The molecule has 2 rings (SSSR count). The molecular formula is C17H20ClNO4S. The number of halogens is 1. The predicted octanol–water partition coefficient (Wildman–Crippen LogP) is 3.61. The summed E-state index contributed by atoms with van der Waals surface area (Å²) in [5, 5.41) is 2.14. The van der Waals surface area contributed by atoms with E-state index < -0.39 is 15.1 Å². The first kappa shape index (κ1) is 18.5. The summed E-state index contributed by atoms with van der Waals surface area (Å²) in [7, 11) is -3.73. The molecule has 1 atom stereocenters. The lowest BCUT2D eigenvalue weighted by atomic mass is 10.1. The monoisotopic (exact) mass is 369 g/mol. The van der Waals surface area contributed by atoms with Crippen molar-refractivity contribution >= 4 is 27.3 Å². The van der Waals surface area contributed by atoms with E-state index in [4.69, 9.17) is 16.0 Å². The number of furan rings is 1. The Morgan fingerprint density at radius 3 is 2.42 bits per heavy atom. The summed E-state index contributed by atoms with van der Waals surface area (Å²) < 4.78 is 31.1. The lowest BCUT2D eigenvalue weighted by Crippen LogP contribution is -2.32. The van der Waals surface area contributed by atoms with Gasteiger partial charge in [0.2, 0.25) is 5.91 Å². The van der Waals surface area contributed by atoms with E-state index in [0.717, 1.165) is 0 Å². The molecule has 130 valence electrons. The Labute approximate surface area is 146 Å². The van der Waals surface area contributed by atoms with Crippen LogP contribution in [0.25, 0.3) is 0 Å². The fraction of sp³-hybridized carbons (Fsp3) is 0.353. The van der Waals surface area contributed by atoms with Gasteiger partial charge in [-0.15, -0.1) is 0 Å². The molecule has 0 bridgehead atoms. The van der Waals surface area contributed by atoms with E-state index >= 15 is 0 Å². The number of amides is 1. The number of nitrogens with one attached hydrogen (secondary N) is 1. The fourth-order valence-corrected chi connectivity index (χ4v) is 3.99. The van der Waals surface area contributed by atoms with Crippen LogP contribution in [0.3, 0.4) is 0 Å². The number of carbonyl (C=O) groups is 1. The molecule has 0 fully saturated rings. The molecule has 0 radical (unpaired) electrons. The molecule has 2 aromatic rings. The van der Waals surface area contributed by atoms with Crippen LogP contribution in [0.5, 0.6) is 0 Å². The van der Waals surface area contributed by atoms with Gasteiger partial charge in [0.05, 0.1) is 11.2 Å². The number of sulfone groups is 1. The molecular weight excluding hydrogens is 350 g/mol. The van der Waals surface area contributed by atoms with E-state index in [1.807, 2.05) is 13.8 Å². The van der Waals surface area contributed by atoms with Gasteiger partial charge in [0.1, 0.15) is 11.0 Å². The molecule has 0 saturated heterocycles. The second-order valence-corrected chi connectivity index (χ2v) is 8.47. The van der Waals surface area contributed by atoms with Crippen molar-refractivity contribution in [3.63, 3.8) is 0 Å². The lowest BCUT2D eigenvalue weighted by Gasteiger charge is -2.17. The maximum Gasteiger partial charge on any atom is 0.220 e. The summed E-state index contributed by atoms with van der Waals surface area (Å²) in [6.07, 6.45) is 1.75. The second kappa shape index (κ2) is 7.85. The summed E-state index contributed by atoms with van der Waals surface area (Å²) in [4.78, 5) is 12.0. The molecule has 5 nitrogen and oxygen atoms in total. The highest BCUT2D eigenvalue weighted by atomic mass is 35.5. The lowest BCUT2D eigenvalue weighted by molar-refractivity contribution is -0.121. The van der Waals surface area contributed by atoms with Gasteiger partial charge in [0.25, 0.3) is 0 Å². The molecule has 0 saturated carbocycles. The quantitative estimate of drug-likeness (QED) is 0.808. The Morgan fingerprint density at radius 2 is 1.88 bits per heavy atom. The van der Waals surface area contributed by atoms with Gasteiger partial charge in [0, 0.05) is 18.0 Å². The molecule has 1 amide bonds. The van der Waals surface area contributed by atoms with Gasteiger partial charge in [-0.1, -0.05) is 25.4 Å². The van der Waals surface area contributed by atoms with Gasteiger partial charge in [-0.05, 0) is 42.3 Å². The van der Waals surface area contributed by atoms with E-state index in [2.05, 4.69) is 5.32 Å².